The van der Waals surface area contributed by atoms with Crippen molar-refractivity contribution in [2.24, 2.45) is 0 Å². The quantitative estimate of drug-likeness (QED) is 0.745. The number of alkyl halides is 3. The summed E-state index contributed by atoms with van der Waals surface area (Å²) in [5, 5.41) is 0.0352. The van der Waals surface area contributed by atoms with E-state index in [-0.39, 0.29) is 23.4 Å². The van der Waals surface area contributed by atoms with Crippen LogP contribution in [-0.4, -0.2) is 0 Å². The van der Waals surface area contributed by atoms with Crippen LogP contribution in [-0.2, 0) is 6.18 Å². The number of fused-ring (bicyclic) bond motifs is 1. The average molecular weight is 266 g/mol. The third-order valence-electron chi connectivity index (χ3n) is 2.03. The second-order valence-corrected chi connectivity index (χ2v) is 3.23. The van der Waals surface area contributed by atoms with Gasteiger partial charge in [-0.2, -0.15) is 13.2 Å². The van der Waals surface area contributed by atoms with Crippen molar-refractivity contribution >= 4 is 29.1 Å². The molecule has 0 aliphatic carbocycles. The second kappa shape index (κ2) is 4.29. The highest BCUT2D eigenvalue weighted by atomic mass is 35.5. The molecule has 17 heavy (non-hydrogen) atoms. The van der Waals surface area contributed by atoms with Gasteiger partial charge in [0.2, 0.25) is 5.76 Å². The number of benzene rings is 1. The Morgan fingerprint density at radius 3 is 2.41 bits per heavy atom. The molecule has 0 bridgehead atoms. The van der Waals surface area contributed by atoms with Crippen LogP contribution >= 0.6 is 12.4 Å². The largest absolute Gasteiger partial charge is 0.451 e. The molecule has 3 nitrogen and oxygen atoms in total. The molecule has 2 N–H and O–H groups in total. The maximum atomic E-state index is 12.3. The highest BCUT2D eigenvalue weighted by molar-refractivity contribution is 5.85. The van der Waals surface area contributed by atoms with Gasteiger partial charge in [-0.3, -0.25) is 4.79 Å². The third-order valence-corrected chi connectivity index (χ3v) is 2.03. The van der Waals surface area contributed by atoms with Gasteiger partial charge in [0.25, 0.3) is 0 Å². The van der Waals surface area contributed by atoms with E-state index in [4.69, 9.17) is 5.73 Å². The number of rotatable bonds is 0. The molecule has 92 valence electrons. The fourth-order valence-corrected chi connectivity index (χ4v) is 1.31. The lowest BCUT2D eigenvalue weighted by molar-refractivity contribution is -0.152. The Hall–Kier alpha value is -1.69. The molecule has 0 radical (unpaired) electrons. The predicted molar refractivity (Wildman–Crippen MR) is 59.1 cm³/mol. The van der Waals surface area contributed by atoms with E-state index in [9.17, 15) is 18.0 Å². The highest BCUT2D eigenvalue weighted by Crippen LogP contribution is 2.30. The molecule has 0 saturated heterocycles. The summed E-state index contributed by atoms with van der Waals surface area (Å²) in [6.07, 6.45) is -4.67. The van der Waals surface area contributed by atoms with E-state index in [1.165, 1.54) is 18.2 Å². The second-order valence-electron chi connectivity index (χ2n) is 3.23. The zero-order valence-electron chi connectivity index (χ0n) is 8.25. The van der Waals surface area contributed by atoms with E-state index < -0.39 is 17.4 Å². The molecule has 0 amide bonds. The first-order valence-electron chi connectivity index (χ1n) is 4.28. The van der Waals surface area contributed by atoms with E-state index in [0.29, 0.717) is 11.8 Å². The Bertz CT molecular complexity index is 607. The van der Waals surface area contributed by atoms with Gasteiger partial charge in [-0.15, -0.1) is 12.4 Å². The summed E-state index contributed by atoms with van der Waals surface area (Å²) < 4.78 is 41.5. The van der Waals surface area contributed by atoms with Crippen LogP contribution in [0.2, 0.25) is 0 Å². The Morgan fingerprint density at radius 2 is 1.82 bits per heavy atom. The number of nitrogen functional groups attached to an aromatic ring is 1. The molecule has 1 heterocycles. The molecule has 0 saturated carbocycles. The standard InChI is InChI=1S/C10H6F3NO2.ClH/c11-10(12,13)9-4-7(15)6-3-5(14)1-2-8(6)16-9;/h1-4H,14H2;1H. The van der Waals surface area contributed by atoms with Gasteiger partial charge in [0.1, 0.15) is 5.58 Å². The van der Waals surface area contributed by atoms with Gasteiger partial charge in [-0.1, -0.05) is 0 Å². The van der Waals surface area contributed by atoms with E-state index in [0.717, 1.165) is 0 Å². The number of halogens is 4. The normalized spacial score (nSPS) is 11.2. The SMILES string of the molecule is Cl.Nc1ccc2oc(C(F)(F)F)cc(=O)c2c1. The summed E-state index contributed by atoms with van der Waals surface area (Å²) in [5.74, 6) is -1.31. The van der Waals surface area contributed by atoms with Gasteiger partial charge in [-0.25, -0.2) is 0 Å². The van der Waals surface area contributed by atoms with Crippen LogP contribution in [0, 0.1) is 0 Å². The summed E-state index contributed by atoms with van der Waals surface area (Å²) in [5.41, 5.74) is 4.81. The van der Waals surface area contributed by atoms with Crippen molar-refractivity contribution in [2.75, 3.05) is 5.73 Å². The third kappa shape index (κ3) is 2.52. The minimum absolute atomic E-state index is 0. The average Bonchev–Trinajstić information content (AvgIpc) is 2.17. The summed E-state index contributed by atoms with van der Waals surface area (Å²) in [4.78, 5) is 11.4. The summed E-state index contributed by atoms with van der Waals surface area (Å²) in [6.45, 7) is 0. The fourth-order valence-electron chi connectivity index (χ4n) is 1.31. The van der Waals surface area contributed by atoms with E-state index in [2.05, 4.69) is 4.42 Å². The Kier molecular flexibility index (Phi) is 3.38. The first kappa shape index (κ1) is 13.4. The van der Waals surface area contributed by atoms with Gasteiger partial charge in [0.15, 0.2) is 5.43 Å². The molecule has 0 aliphatic heterocycles. The molecule has 2 aromatic rings. The summed E-state index contributed by atoms with van der Waals surface area (Å²) in [7, 11) is 0. The lowest BCUT2D eigenvalue weighted by atomic mass is 10.2. The monoisotopic (exact) mass is 265 g/mol. The van der Waals surface area contributed by atoms with Gasteiger partial charge in [0.05, 0.1) is 5.39 Å². The molecule has 0 aliphatic rings. The molecule has 1 aromatic carbocycles. The van der Waals surface area contributed by atoms with Crippen molar-refractivity contribution in [3.63, 3.8) is 0 Å². The Balaban J connectivity index is 0.00000144. The highest BCUT2D eigenvalue weighted by Gasteiger charge is 2.34. The van der Waals surface area contributed by atoms with Gasteiger partial charge >= 0.3 is 6.18 Å². The molecule has 0 unspecified atom stereocenters. The summed E-state index contributed by atoms with van der Waals surface area (Å²) >= 11 is 0. The topological polar surface area (TPSA) is 56.2 Å². The lowest BCUT2D eigenvalue weighted by Crippen LogP contribution is -2.10. The van der Waals surface area contributed by atoms with Crippen molar-refractivity contribution in [3.05, 3.63) is 40.2 Å². The smallest absolute Gasteiger partial charge is 0.449 e. The Morgan fingerprint density at radius 1 is 1.18 bits per heavy atom. The van der Waals surface area contributed by atoms with Crippen LogP contribution in [0.4, 0.5) is 18.9 Å². The molecule has 7 heteroatoms. The fraction of sp³-hybridized carbons (Fsp3) is 0.100. The molecule has 0 atom stereocenters. The first-order valence-corrected chi connectivity index (χ1v) is 4.28. The number of hydrogen-bond donors (Lipinski definition) is 1. The van der Waals surface area contributed by atoms with Gasteiger partial charge in [-0.05, 0) is 18.2 Å². The molecule has 0 spiro atoms. The summed E-state index contributed by atoms with van der Waals surface area (Å²) in [6, 6.07) is 4.30. The van der Waals surface area contributed by atoms with Crippen LogP contribution in [0.1, 0.15) is 5.76 Å². The van der Waals surface area contributed by atoms with Gasteiger partial charge in [0, 0.05) is 11.8 Å². The molecule has 0 fully saturated rings. The molecular weight excluding hydrogens is 259 g/mol. The number of nitrogens with two attached hydrogens (primary N) is 1. The minimum Gasteiger partial charge on any atom is -0.451 e. The van der Waals surface area contributed by atoms with Crippen molar-refractivity contribution in [1.29, 1.82) is 0 Å². The zero-order chi connectivity index (χ0) is 11.9. The van der Waals surface area contributed by atoms with Crippen molar-refractivity contribution in [3.8, 4) is 0 Å². The number of hydrogen-bond acceptors (Lipinski definition) is 3. The van der Waals surface area contributed by atoms with E-state index >= 15 is 0 Å². The predicted octanol–water partition coefficient (Wildman–Crippen LogP) is 2.82. The van der Waals surface area contributed by atoms with E-state index in [1.807, 2.05) is 0 Å². The minimum atomic E-state index is -4.67. The zero-order valence-corrected chi connectivity index (χ0v) is 9.06. The van der Waals surface area contributed by atoms with Crippen molar-refractivity contribution in [1.82, 2.24) is 0 Å². The maximum Gasteiger partial charge on any atom is 0.449 e. The van der Waals surface area contributed by atoms with Crippen LogP contribution < -0.4 is 11.2 Å². The van der Waals surface area contributed by atoms with Crippen molar-refractivity contribution < 1.29 is 17.6 Å². The molecule has 2 rings (SSSR count). The molecule has 1 aromatic heterocycles. The van der Waals surface area contributed by atoms with E-state index in [1.54, 1.807) is 0 Å². The van der Waals surface area contributed by atoms with Crippen molar-refractivity contribution in [2.45, 2.75) is 6.18 Å². The van der Waals surface area contributed by atoms with Crippen LogP contribution in [0.5, 0.6) is 0 Å². The molecular formula is C10H7ClF3NO2. The lowest BCUT2D eigenvalue weighted by Gasteiger charge is -2.06. The first-order chi connectivity index (χ1) is 7.38. The maximum absolute atomic E-state index is 12.3. The van der Waals surface area contributed by atoms with Crippen LogP contribution in [0.3, 0.4) is 0 Å². The van der Waals surface area contributed by atoms with Gasteiger partial charge < -0.3 is 10.2 Å². The number of anilines is 1. The van der Waals surface area contributed by atoms with Crippen LogP contribution in [0.25, 0.3) is 11.0 Å². The Labute approximate surface area is 99.4 Å². The van der Waals surface area contributed by atoms with Crippen LogP contribution in [0.15, 0.2) is 33.5 Å².